The largest absolute Gasteiger partial charge is 0.406 e. The first-order chi connectivity index (χ1) is 13.1. The van der Waals surface area contributed by atoms with Crippen molar-refractivity contribution in [3.05, 3.63) is 48.0 Å². The van der Waals surface area contributed by atoms with Crippen LogP contribution >= 0.6 is 0 Å². The second kappa shape index (κ2) is 7.65. The molecule has 1 aromatic carbocycles. The van der Waals surface area contributed by atoms with Crippen molar-refractivity contribution in [1.82, 2.24) is 14.5 Å². The highest BCUT2D eigenvalue weighted by Gasteiger charge is 2.37. The zero-order valence-electron chi connectivity index (χ0n) is 15.6. The molecule has 2 aromatic rings. The predicted octanol–water partition coefficient (Wildman–Crippen LogP) is 2.77. The third-order valence-corrected chi connectivity index (χ3v) is 4.73. The van der Waals surface area contributed by atoms with Gasteiger partial charge in [-0.2, -0.15) is 13.2 Å². The Bertz CT molecular complexity index is 861. The molecule has 9 heteroatoms. The molecular formula is C19H21F3N4O2. The van der Waals surface area contributed by atoms with E-state index in [0.717, 1.165) is 15.8 Å². The molecule has 0 N–H and O–H groups in total. The third kappa shape index (κ3) is 4.52. The van der Waals surface area contributed by atoms with Crippen LogP contribution in [-0.2, 0) is 22.7 Å². The van der Waals surface area contributed by atoms with Crippen LogP contribution in [0.3, 0.4) is 0 Å². The number of carbonyl (C=O) groups is 2. The van der Waals surface area contributed by atoms with Crippen molar-refractivity contribution in [3.63, 3.8) is 0 Å². The number of alkyl halides is 3. The maximum atomic E-state index is 12.7. The van der Waals surface area contributed by atoms with Gasteiger partial charge in [-0.25, -0.2) is 4.98 Å². The average Bonchev–Trinajstić information content (AvgIpc) is 3.20. The number of aromatic nitrogens is 2. The minimum absolute atomic E-state index is 0.0584. The van der Waals surface area contributed by atoms with E-state index in [4.69, 9.17) is 0 Å². The molecule has 0 saturated carbocycles. The summed E-state index contributed by atoms with van der Waals surface area (Å²) in [5, 5.41) is 0. The maximum Gasteiger partial charge on any atom is 0.406 e. The van der Waals surface area contributed by atoms with E-state index in [1.165, 1.54) is 24.3 Å². The quantitative estimate of drug-likeness (QED) is 0.784. The number of anilines is 1. The number of carbonyl (C=O) groups excluding carboxylic acids is 2. The zero-order valence-corrected chi connectivity index (χ0v) is 15.6. The first-order valence-electron chi connectivity index (χ1n) is 8.83. The molecule has 3 rings (SSSR count). The average molecular weight is 394 g/mol. The lowest BCUT2D eigenvalue weighted by atomic mass is 10.1. The molecule has 28 heavy (non-hydrogen) atoms. The molecule has 2 heterocycles. The zero-order chi connectivity index (χ0) is 20.5. The van der Waals surface area contributed by atoms with E-state index in [1.54, 1.807) is 4.90 Å². The van der Waals surface area contributed by atoms with Crippen molar-refractivity contribution >= 4 is 17.5 Å². The molecule has 0 bridgehead atoms. The van der Waals surface area contributed by atoms with Crippen molar-refractivity contribution in [1.29, 1.82) is 0 Å². The van der Waals surface area contributed by atoms with Crippen LogP contribution in [0, 0.1) is 12.8 Å². The van der Waals surface area contributed by atoms with E-state index in [0.29, 0.717) is 0 Å². The van der Waals surface area contributed by atoms with Gasteiger partial charge in [-0.3, -0.25) is 9.59 Å². The van der Waals surface area contributed by atoms with Crippen LogP contribution in [0.1, 0.15) is 17.8 Å². The van der Waals surface area contributed by atoms with Gasteiger partial charge < -0.3 is 14.4 Å². The van der Waals surface area contributed by atoms with Gasteiger partial charge in [-0.1, -0.05) is 17.7 Å². The lowest BCUT2D eigenvalue weighted by Gasteiger charge is -2.22. The Kier molecular flexibility index (Phi) is 5.44. The van der Waals surface area contributed by atoms with E-state index in [1.807, 2.05) is 31.2 Å². The van der Waals surface area contributed by atoms with Gasteiger partial charge in [0.25, 0.3) is 0 Å². The molecule has 1 aromatic heterocycles. The van der Waals surface area contributed by atoms with Gasteiger partial charge in [0.15, 0.2) is 0 Å². The molecule has 1 unspecified atom stereocenters. The fourth-order valence-electron chi connectivity index (χ4n) is 3.28. The van der Waals surface area contributed by atoms with Crippen molar-refractivity contribution < 1.29 is 22.8 Å². The number of rotatable bonds is 5. The fraction of sp³-hybridized carbons (Fsp3) is 0.421. The number of hydrogen-bond donors (Lipinski definition) is 0. The second-order valence-corrected chi connectivity index (χ2v) is 7.02. The van der Waals surface area contributed by atoms with E-state index < -0.39 is 18.6 Å². The Hall–Kier alpha value is -2.84. The molecule has 0 spiro atoms. The first-order valence-corrected chi connectivity index (χ1v) is 8.83. The minimum Gasteiger partial charge on any atom is -0.338 e. The number of halogens is 3. The van der Waals surface area contributed by atoms with Crippen LogP contribution in [0.2, 0.25) is 0 Å². The maximum absolute atomic E-state index is 12.7. The lowest BCUT2D eigenvalue weighted by Crippen LogP contribution is -2.35. The number of nitrogens with zero attached hydrogens (tertiary/aromatic N) is 4. The van der Waals surface area contributed by atoms with E-state index >= 15 is 0 Å². The molecule has 1 saturated heterocycles. The number of amides is 2. The van der Waals surface area contributed by atoms with E-state index in [9.17, 15) is 22.8 Å². The first kappa shape index (κ1) is 19.9. The molecule has 1 atom stereocenters. The van der Waals surface area contributed by atoms with Crippen molar-refractivity contribution in [3.8, 4) is 0 Å². The highest BCUT2D eigenvalue weighted by molar-refractivity contribution is 6.00. The number of hydrogen-bond acceptors (Lipinski definition) is 3. The second-order valence-electron chi connectivity index (χ2n) is 7.02. The summed E-state index contributed by atoms with van der Waals surface area (Å²) in [6, 6.07) is 7.45. The third-order valence-electron chi connectivity index (χ3n) is 4.73. The molecule has 6 nitrogen and oxygen atoms in total. The smallest absolute Gasteiger partial charge is 0.338 e. The van der Waals surface area contributed by atoms with Gasteiger partial charge in [0.05, 0.1) is 12.5 Å². The van der Waals surface area contributed by atoms with Crippen molar-refractivity contribution in [2.24, 2.45) is 5.92 Å². The monoisotopic (exact) mass is 394 g/mol. The molecule has 0 radical (unpaired) electrons. The predicted molar refractivity (Wildman–Crippen MR) is 96.4 cm³/mol. The SMILES string of the molecule is Cc1ccc(N2CC(C(=O)N(C)Cc3nccn3CC(F)(F)F)CC2=O)cc1. The highest BCUT2D eigenvalue weighted by Crippen LogP contribution is 2.27. The molecule has 1 fully saturated rings. The Morgan fingerprint density at radius 2 is 1.96 bits per heavy atom. The Labute approximate surface area is 160 Å². The van der Waals surface area contributed by atoms with E-state index in [2.05, 4.69) is 4.98 Å². The summed E-state index contributed by atoms with van der Waals surface area (Å²) in [7, 11) is 1.51. The Morgan fingerprint density at radius 3 is 2.61 bits per heavy atom. The van der Waals surface area contributed by atoms with Crippen LogP contribution in [0.5, 0.6) is 0 Å². The number of benzene rings is 1. The molecule has 2 amide bonds. The van der Waals surface area contributed by atoms with Crippen LogP contribution in [0.25, 0.3) is 0 Å². The molecular weight excluding hydrogens is 373 g/mol. The van der Waals surface area contributed by atoms with Crippen LogP contribution in [-0.4, -0.2) is 46.0 Å². The van der Waals surface area contributed by atoms with Gasteiger partial charge in [-0.15, -0.1) is 0 Å². The molecule has 1 aliphatic heterocycles. The lowest BCUT2D eigenvalue weighted by molar-refractivity contribution is -0.141. The molecule has 1 aliphatic rings. The van der Waals surface area contributed by atoms with Gasteiger partial charge in [0.2, 0.25) is 11.8 Å². The van der Waals surface area contributed by atoms with Crippen LogP contribution in [0.15, 0.2) is 36.7 Å². The number of aryl methyl sites for hydroxylation is 1. The van der Waals surface area contributed by atoms with Crippen LogP contribution < -0.4 is 4.90 Å². The van der Waals surface area contributed by atoms with Gasteiger partial charge in [0.1, 0.15) is 12.4 Å². The van der Waals surface area contributed by atoms with E-state index in [-0.39, 0.29) is 37.1 Å². The topological polar surface area (TPSA) is 58.4 Å². The highest BCUT2D eigenvalue weighted by atomic mass is 19.4. The summed E-state index contributed by atoms with van der Waals surface area (Å²) in [4.78, 5) is 31.9. The Balaban J connectivity index is 1.65. The molecule has 150 valence electrons. The summed E-state index contributed by atoms with van der Waals surface area (Å²) in [6.07, 6.45) is -1.78. The van der Waals surface area contributed by atoms with Crippen LogP contribution in [0.4, 0.5) is 18.9 Å². The fourth-order valence-corrected chi connectivity index (χ4v) is 3.28. The van der Waals surface area contributed by atoms with Gasteiger partial charge in [-0.05, 0) is 19.1 Å². The summed E-state index contributed by atoms with van der Waals surface area (Å²) >= 11 is 0. The summed E-state index contributed by atoms with van der Waals surface area (Å²) in [6.45, 7) is 0.978. The summed E-state index contributed by atoms with van der Waals surface area (Å²) < 4.78 is 38.9. The molecule has 0 aliphatic carbocycles. The number of imidazole rings is 1. The minimum atomic E-state index is -4.37. The standard InChI is InChI=1S/C19H21F3N4O2/c1-13-3-5-15(6-4-13)26-10-14(9-17(26)27)18(28)24(2)11-16-23-7-8-25(16)12-19(20,21)22/h3-8,14H,9-12H2,1-2H3. The van der Waals surface area contributed by atoms with Gasteiger partial charge in [0, 0.05) is 38.1 Å². The summed E-state index contributed by atoms with van der Waals surface area (Å²) in [5.74, 6) is -0.823. The Morgan fingerprint density at radius 1 is 1.29 bits per heavy atom. The van der Waals surface area contributed by atoms with Crippen molar-refractivity contribution in [2.45, 2.75) is 32.6 Å². The van der Waals surface area contributed by atoms with Gasteiger partial charge >= 0.3 is 6.18 Å². The summed E-state index contributed by atoms with van der Waals surface area (Å²) in [5.41, 5.74) is 1.80. The normalized spacial score (nSPS) is 17.2. The van der Waals surface area contributed by atoms with Crippen molar-refractivity contribution in [2.75, 3.05) is 18.5 Å².